The molecule has 224 valence electrons. The Balaban J connectivity index is 1.69. The minimum absolute atomic E-state index is 0.0277. The zero-order chi connectivity index (χ0) is 31.5. The van der Waals surface area contributed by atoms with Gasteiger partial charge < -0.3 is 20.1 Å². The maximum absolute atomic E-state index is 13.1. The Morgan fingerprint density at radius 1 is 0.907 bits per heavy atom. The van der Waals surface area contributed by atoms with Crippen LogP contribution < -0.4 is 15.2 Å². The van der Waals surface area contributed by atoms with E-state index in [0.717, 1.165) is 12.1 Å². The average Bonchev–Trinajstić information content (AvgIpc) is 2.96. The number of hydrogen-bond donors (Lipinski definition) is 2. The second-order valence-corrected chi connectivity index (χ2v) is 8.90. The van der Waals surface area contributed by atoms with Gasteiger partial charge in [0.2, 0.25) is 0 Å². The van der Waals surface area contributed by atoms with Crippen molar-refractivity contribution in [1.29, 1.82) is 5.41 Å². The van der Waals surface area contributed by atoms with Crippen LogP contribution in [0.25, 0.3) is 16.8 Å². The van der Waals surface area contributed by atoms with Crippen molar-refractivity contribution >= 4 is 29.3 Å². The van der Waals surface area contributed by atoms with Gasteiger partial charge in [-0.3, -0.25) is 20.2 Å². The summed E-state index contributed by atoms with van der Waals surface area (Å²) >= 11 is 0. The fourth-order valence-electron chi connectivity index (χ4n) is 4.08. The molecule has 16 heteroatoms. The highest BCUT2D eigenvalue weighted by Gasteiger charge is 2.44. The number of esters is 2. The molecule has 3 N–H and O–H groups in total. The molecule has 1 amide bonds. The van der Waals surface area contributed by atoms with Gasteiger partial charge in [0.05, 0.1) is 23.0 Å². The first-order valence-electron chi connectivity index (χ1n) is 12.1. The third-order valence-electron chi connectivity index (χ3n) is 6.08. The van der Waals surface area contributed by atoms with Gasteiger partial charge >= 0.3 is 24.3 Å². The predicted molar refractivity (Wildman–Crippen MR) is 137 cm³/mol. The fraction of sp³-hybridized carbons (Fsp3) is 0.185. The summed E-state index contributed by atoms with van der Waals surface area (Å²) in [4.78, 5) is 45.9. The number of ether oxygens (including phenoxy) is 2. The maximum atomic E-state index is 13.1. The van der Waals surface area contributed by atoms with E-state index in [4.69, 9.17) is 11.1 Å². The van der Waals surface area contributed by atoms with Crippen LogP contribution in [0.1, 0.15) is 27.9 Å². The SMILES string of the molecule is N=C(N)c1ccc(OC(=O)C(F)(F)F)c(C2=CCN(C(=O)c3ccc(-c4cnccn4)cc3)CC2)c1OC(=O)C(F)(F)F. The Morgan fingerprint density at radius 3 is 2.09 bits per heavy atom. The molecule has 2 aromatic carbocycles. The Hall–Kier alpha value is -5.28. The van der Waals surface area contributed by atoms with E-state index in [2.05, 4.69) is 19.4 Å². The Labute approximate surface area is 238 Å². The number of nitrogen functional groups attached to an aromatic ring is 1. The fourth-order valence-corrected chi connectivity index (χ4v) is 4.08. The third-order valence-corrected chi connectivity index (χ3v) is 6.08. The molecule has 4 rings (SSSR count). The lowest BCUT2D eigenvalue weighted by Gasteiger charge is -2.28. The topological polar surface area (TPSA) is 149 Å². The van der Waals surface area contributed by atoms with Crippen molar-refractivity contribution in [3.63, 3.8) is 0 Å². The predicted octanol–water partition coefficient (Wildman–Crippen LogP) is 4.29. The number of rotatable bonds is 6. The van der Waals surface area contributed by atoms with Crippen LogP contribution in [0.5, 0.6) is 11.5 Å². The summed E-state index contributed by atoms with van der Waals surface area (Å²) in [6.07, 6.45) is -5.37. The number of nitrogens with two attached hydrogens (primary N) is 1. The summed E-state index contributed by atoms with van der Waals surface area (Å²) in [5.41, 5.74) is 5.74. The summed E-state index contributed by atoms with van der Waals surface area (Å²) in [6, 6.07) is 7.94. The average molecular weight is 607 g/mol. The van der Waals surface area contributed by atoms with E-state index in [-0.39, 0.29) is 30.6 Å². The molecule has 0 spiro atoms. The first kappa shape index (κ1) is 30.7. The molecule has 0 radical (unpaired) electrons. The monoisotopic (exact) mass is 607 g/mol. The van der Waals surface area contributed by atoms with E-state index in [1.165, 1.54) is 29.6 Å². The zero-order valence-corrected chi connectivity index (χ0v) is 21.6. The van der Waals surface area contributed by atoms with Gasteiger partial charge in [-0.15, -0.1) is 0 Å². The Bertz CT molecular complexity index is 1610. The van der Waals surface area contributed by atoms with Crippen molar-refractivity contribution < 1.29 is 50.2 Å². The first-order chi connectivity index (χ1) is 20.2. The number of amidine groups is 1. The molecule has 1 aromatic heterocycles. The Morgan fingerprint density at radius 2 is 1.56 bits per heavy atom. The lowest BCUT2D eigenvalue weighted by atomic mass is 9.94. The van der Waals surface area contributed by atoms with Crippen molar-refractivity contribution in [2.24, 2.45) is 5.73 Å². The van der Waals surface area contributed by atoms with E-state index >= 15 is 0 Å². The van der Waals surface area contributed by atoms with Crippen LogP contribution in [-0.2, 0) is 9.59 Å². The molecular formula is C27H19F6N5O5. The number of aromatic nitrogens is 2. The number of nitrogens with zero attached hydrogens (tertiary/aromatic N) is 3. The van der Waals surface area contributed by atoms with Gasteiger partial charge in [0.15, 0.2) is 5.75 Å². The summed E-state index contributed by atoms with van der Waals surface area (Å²) in [5, 5.41) is 7.69. The van der Waals surface area contributed by atoms with E-state index in [9.17, 15) is 40.7 Å². The van der Waals surface area contributed by atoms with E-state index in [1.807, 2.05) is 0 Å². The molecule has 0 aliphatic carbocycles. The molecule has 3 aromatic rings. The van der Waals surface area contributed by atoms with Crippen LogP contribution >= 0.6 is 0 Å². The highest BCUT2D eigenvalue weighted by Crippen LogP contribution is 2.42. The van der Waals surface area contributed by atoms with Gasteiger partial charge in [-0.2, -0.15) is 26.3 Å². The number of halogens is 6. The Kier molecular flexibility index (Phi) is 8.50. The summed E-state index contributed by atoms with van der Waals surface area (Å²) in [5.74, 6) is -8.72. The van der Waals surface area contributed by atoms with Crippen LogP contribution in [0.3, 0.4) is 0 Å². The van der Waals surface area contributed by atoms with E-state index in [1.54, 1.807) is 24.3 Å². The summed E-state index contributed by atoms with van der Waals surface area (Å²) in [7, 11) is 0. The van der Waals surface area contributed by atoms with Crippen molar-refractivity contribution in [3.8, 4) is 22.8 Å². The van der Waals surface area contributed by atoms with E-state index < -0.39 is 58.7 Å². The van der Waals surface area contributed by atoms with Crippen LogP contribution in [0.2, 0.25) is 0 Å². The summed E-state index contributed by atoms with van der Waals surface area (Å²) in [6.45, 7) is -0.260. The van der Waals surface area contributed by atoms with Crippen molar-refractivity contribution in [2.45, 2.75) is 18.8 Å². The van der Waals surface area contributed by atoms with Gasteiger partial charge in [0.25, 0.3) is 5.91 Å². The van der Waals surface area contributed by atoms with Gasteiger partial charge in [-0.25, -0.2) is 9.59 Å². The molecule has 0 saturated heterocycles. The van der Waals surface area contributed by atoms with Crippen molar-refractivity contribution in [2.75, 3.05) is 13.1 Å². The zero-order valence-electron chi connectivity index (χ0n) is 21.6. The maximum Gasteiger partial charge on any atom is 0.491 e. The number of carbonyl (C=O) groups excluding carboxylic acids is 3. The smallest absolute Gasteiger partial charge is 0.419 e. The molecule has 0 atom stereocenters. The number of alkyl halides is 6. The molecule has 0 fully saturated rings. The second-order valence-electron chi connectivity index (χ2n) is 8.90. The molecule has 0 saturated carbocycles. The number of nitrogens with one attached hydrogen (secondary N) is 1. The molecule has 1 aliphatic rings. The highest BCUT2D eigenvalue weighted by atomic mass is 19.4. The molecule has 10 nitrogen and oxygen atoms in total. The van der Waals surface area contributed by atoms with Crippen molar-refractivity contribution in [1.82, 2.24) is 14.9 Å². The molecular weight excluding hydrogens is 588 g/mol. The van der Waals surface area contributed by atoms with Crippen LogP contribution in [0.15, 0.2) is 61.1 Å². The van der Waals surface area contributed by atoms with Crippen molar-refractivity contribution in [3.05, 3.63) is 77.8 Å². The van der Waals surface area contributed by atoms with Crippen LogP contribution in [-0.4, -0.2) is 64.0 Å². The number of amides is 1. The second kappa shape index (κ2) is 11.9. The van der Waals surface area contributed by atoms with Crippen LogP contribution in [0.4, 0.5) is 26.3 Å². The number of carbonyl (C=O) groups is 3. The lowest BCUT2D eigenvalue weighted by Crippen LogP contribution is -2.35. The highest BCUT2D eigenvalue weighted by molar-refractivity contribution is 6.02. The molecule has 0 bridgehead atoms. The third kappa shape index (κ3) is 6.97. The minimum Gasteiger partial charge on any atom is -0.419 e. The normalized spacial score (nSPS) is 13.6. The van der Waals surface area contributed by atoms with Gasteiger partial charge in [-0.05, 0) is 36.3 Å². The number of hydrogen-bond acceptors (Lipinski definition) is 8. The number of benzene rings is 2. The molecule has 43 heavy (non-hydrogen) atoms. The van der Waals surface area contributed by atoms with Crippen LogP contribution in [0, 0.1) is 5.41 Å². The molecule has 0 unspecified atom stereocenters. The quantitative estimate of drug-likeness (QED) is 0.139. The largest absolute Gasteiger partial charge is 0.491 e. The van der Waals surface area contributed by atoms with Gasteiger partial charge in [-0.1, -0.05) is 18.2 Å². The van der Waals surface area contributed by atoms with Gasteiger partial charge in [0.1, 0.15) is 11.6 Å². The van der Waals surface area contributed by atoms with E-state index in [0.29, 0.717) is 11.3 Å². The van der Waals surface area contributed by atoms with Gasteiger partial charge in [0, 0.05) is 36.6 Å². The standard InChI is InChI=1S/C27H19F6N5O5/c28-26(29,30)24(40)42-19-6-5-17(22(34)35)21(43-25(41)27(31,32)33)20(19)15-7-11-38(12-8-15)23(39)16-3-1-14(2-4-16)18-13-36-9-10-37-18/h1-7,9-10,13H,8,11-12H2,(H3,34,35). The summed E-state index contributed by atoms with van der Waals surface area (Å²) < 4.78 is 87.0. The molecule has 1 aliphatic heterocycles. The first-order valence-corrected chi connectivity index (χ1v) is 12.1. The lowest BCUT2D eigenvalue weighted by molar-refractivity contribution is -0.190. The minimum atomic E-state index is -5.53. The molecule has 2 heterocycles.